The van der Waals surface area contributed by atoms with Gasteiger partial charge in [0.25, 0.3) is 0 Å². The molecule has 0 amide bonds. The average molecular weight is 291 g/mol. The predicted molar refractivity (Wildman–Crippen MR) is 23.2 cm³/mol. The van der Waals surface area contributed by atoms with Crippen LogP contribution >= 0.6 is 0 Å². The van der Waals surface area contributed by atoms with Crippen molar-refractivity contribution in [1.82, 2.24) is 0 Å². The molecule has 0 aromatic rings. The van der Waals surface area contributed by atoms with Crippen LogP contribution in [0.15, 0.2) is 0 Å². The monoisotopic (exact) mass is 292 g/mol. The van der Waals surface area contributed by atoms with Gasteiger partial charge < -0.3 is 5.48 Å². The van der Waals surface area contributed by atoms with Crippen molar-refractivity contribution in [2.24, 2.45) is 0 Å². The van der Waals surface area contributed by atoms with Crippen LogP contribution in [0.3, 0.4) is 0 Å². The Balaban J connectivity index is 0. The maximum absolute atomic E-state index is 5.03. The Morgan fingerprint density at radius 3 is 2.29 bits per heavy atom. The number of rotatable bonds is 3. The molecule has 0 spiro atoms. The Labute approximate surface area is 60.5 Å². The summed E-state index contributed by atoms with van der Waals surface area (Å²) in [5.41, 5.74) is 0. The second-order valence-electron chi connectivity index (χ2n) is 1.05. The second kappa shape index (κ2) is 9.97. The van der Waals surface area contributed by atoms with Crippen molar-refractivity contribution in [3.8, 4) is 0 Å². The van der Waals surface area contributed by atoms with E-state index >= 15 is 0 Å². The molecule has 0 aliphatic rings. The zero-order valence-electron chi connectivity index (χ0n) is 4.68. The Bertz CT molecular complexity index is 21.7. The zero-order chi connectivity index (χ0) is 4.83. The van der Waals surface area contributed by atoms with E-state index in [0.29, 0.717) is 0 Å². The van der Waals surface area contributed by atoms with E-state index in [2.05, 4.69) is 0 Å². The van der Waals surface area contributed by atoms with E-state index in [-0.39, 0.29) is 5.48 Å². The standard InChI is InChI=1S/C4H9O.Hg.H2O/c1-3-5-4-2;;/h1,3-4H2,2H3;;1H2/q;+1;/p-1. The quantitative estimate of drug-likeness (QED) is 0.570. The fraction of sp³-hybridized carbons (Fsp3) is 1.00. The summed E-state index contributed by atoms with van der Waals surface area (Å²) < 4.78 is 6.36. The summed E-state index contributed by atoms with van der Waals surface area (Å²) in [6, 6.07) is 0. The molecule has 0 aromatic heterocycles. The molecule has 3 heteroatoms. The van der Waals surface area contributed by atoms with Crippen LogP contribution in [0.25, 0.3) is 0 Å². The first kappa shape index (κ1) is 10.8. The maximum Gasteiger partial charge on any atom is -0.870 e. The molecule has 0 unspecified atom stereocenters. The molecule has 0 bridgehead atoms. The molecule has 0 aliphatic heterocycles. The van der Waals surface area contributed by atoms with Crippen LogP contribution < -0.4 is 0 Å². The molecule has 2 nitrogen and oxygen atoms in total. The first-order valence-corrected chi connectivity index (χ1v) is 6.17. The summed E-state index contributed by atoms with van der Waals surface area (Å²) in [6.45, 7) is 3.92. The second-order valence-corrected chi connectivity index (χ2v) is 3.80. The van der Waals surface area contributed by atoms with Crippen LogP contribution in [-0.2, 0) is 30.9 Å². The molecule has 40 valence electrons. The van der Waals surface area contributed by atoms with Gasteiger partial charge in [0.15, 0.2) is 0 Å². The summed E-state index contributed by atoms with van der Waals surface area (Å²) in [7, 11) is 0. The Kier molecular flexibility index (Phi) is 15.3. The molecule has 0 heterocycles. The molecule has 0 atom stereocenters. The molecule has 0 rings (SSSR count). The van der Waals surface area contributed by atoms with E-state index in [1.165, 1.54) is 3.93 Å². The number of hydrogen-bond acceptors (Lipinski definition) is 2. The van der Waals surface area contributed by atoms with Crippen molar-refractivity contribution in [3.05, 3.63) is 0 Å². The van der Waals surface area contributed by atoms with Crippen molar-refractivity contribution in [1.29, 1.82) is 0 Å². The van der Waals surface area contributed by atoms with Gasteiger partial charge in [-0.05, 0) is 0 Å². The third-order valence-corrected chi connectivity index (χ3v) is 1.62. The Morgan fingerprint density at radius 2 is 2.14 bits per heavy atom. The first-order valence-electron chi connectivity index (χ1n) is 2.28. The molecule has 0 aliphatic carbocycles. The molecule has 0 radical (unpaired) electrons. The van der Waals surface area contributed by atoms with Crippen LogP contribution in [0.5, 0.6) is 0 Å². The van der Waals surface area contributed by atoms with Gasteiger partial charge in [-0.25, -0.2) is 0 Å². The molecule has 1 N–H and O–H groups in total. The van der Waals surface area contributed by atoms with Crippen LogP contribution in [0, 0.1) is 0 Å². The Morgan fingerprint density at radius 1 is 1.57 bits per heavy atom. The van der Waals surface area contributed by atoms with Gasteiger partial charge in [0.05, 0.1) is 0 Å². The normalized spacial score (nSPS) is 7.86. The van der Waals surface area contributed by atoms with Gasteiger partial charge in [-0.15, -0.1) is 0 Å². The van der Waals surface area contributed by atoms with E-state index in [4.69, 9.17) is 4.74 Å². The fourth-order valence-electron chi connectivity index (χ4n) is 0.246. The average Bonchev–Trinajstić information content (AvgIpc) is 1.61. The molecular formula is C4H10HgO2. The van der Waals surface area contributed by atoms with Gasteiger partial charge in [-0.2, -0.15) is 0 Å². The molecular weight excluding hydrogens is 281 g/mol. The molecule has 0 saturated heterocycles. The third-order valence-electron chi connectivity index (χ3n) is 0.493. The third kappa shape index (κ3) is 10.9. The molecule has 0 saturated carbocycles. The van der Waals surface area contributed by atoms with Gasteiger partial charge >= 0.3 is 54.9 Å². The van der Waals surface area contributed by atoms with Crippen LogP contribution in [-0.4, -0.2) is 18.7 Å². The summed E-state index contributed by atoms with van der Waals surface area (Å²) in [5.74, 6) is 0. The van der Waals surface area contributed by atoms with Gasteiger partial charge in [0, 0.05) is 0 Å². The SMILES string of the molecule is CCOC[CH2][Hg+].[OH-]. The zero-order valence-corrected chi connectivity index (χ0v) is 10.2. The van der Waals surface area contributed by atoms with Crippen LogP contribution in [0.1, 0.15) is 6.92 Å². The van der Waals surface area contributed by atoms with Gasteiger partial charge in [0.1, 0.15) is 0 Å². The summed E-state index contributed by atoms with van der Waals surface area (Å²) in [5, 5.41) is 0. The summed E-state index contributed by atoms with van der Waals surface area (Å²) in [6.07, 6.45) is 0. The van der Waals surface area contributed by atoms with E-state index in [1.54, 1.807) is 0 Å². The maximum atomic E-state index is 5.03. The van der Waals surface area contributed by atoms with Gasteiger partial charge in [0.2, 0.25) is 0 Å². The minimum absolute atomic E-state index is 0. The van der Waals surface area contributed by atoms with E-state index in [1.807, 2.05) is 6.92 Å². The Hall–Kier alpha value is 0.855. The number of ether oxygens (including phenoxy) is 1. The van der Waals surface area contributed by atoms with Crippen molar-refractivity contribution in [3.63, 3.8) is 0 Å². The van der Waals surface area contributed by atoms with Crippen LogP contribution in [0.4, 0.5) is 0 Å². The number of hydrogen-bond donors (Lipinski definition) is 0. The van der Waals surface area contributed by atoms with Crippen LogP contribution in [0.2, 0.25) is 3.93 Å². The largest absolute Gasteiger partial charge is 0.870 e. The van der Waals surface area contributed by atoms with Crippen molar-refractivity contribution >= 4 is 0 Å². The minimum Gasteiger partial charge on any atom is -0.870 e. The van der Waals surface area contributed by atoms with E-state index in [9.17, 15) is 0 Å². The van der Waals surface area contributed by atoms with Gasteiger partial charge in [-0.3, -0.25) is 0 Å². The summed E-state index contributed by atoms with van der Waals surface area (Å²) >= 11 is 0.947. The molecule has 0 aromatic carbocycles. The van der Waals surface area contributed by atoms with Crippen molar-refractivity contribution < 1.29 is 36.3 Å². The van der Waals surface area contributed by atoms with E-state index in [0.717, 1.165) is 39.3 Å². The minimum atomic E-state index is 0. The van der Waals surface area contributed by atoms with E-state index < -0.39 is 0 Å². The molecule has 7 heavy (non-hydrogen) atoms. The van der Waals surface area contributed by atoms with Gasteiger partial charge in [-0.1, -0.05) is 0 Å². The topological polar surface area (TPSA) is 39.2 Å². The van der Waals surface area contributed by atoms with Crippen molar-refractivity contribution in [2.45, 2.75) is 10.9 Å². The van der Waals surface area contributed by atoms with Crippen molar-refractivity contribution in [2.75, 3.05) is 13.2 Å². The predicted octanol–water partition coefficient (Wildman–Crippen LogP) is 0.811. The summed E-state index contributed by atoms with van der Waals surface area (Å²) in [4.78, 5) is 0. The smallest absolute Gasteiger partial charge is 0.870 e. The molecule has 0 fully saturated rings. The first-order chi connectivity index (χ1) is 2.91. The fourth-order valence-corrected chi connectivity index (χ4v) is 1.04.